The largest absolute Gasteiger partial charge is 0.481 e. The van der Waals surface area contributed by atoms with Gasteiger partial charge in [0.15, 0.2) is 11.5 Å². The molecule has 0 spiro atoms. The third-order valence-electron chi connectivity index (χ3n) is 3.05. The van der Waals surface area contributed by atoms with Crippen LogP contribution in [0.4, 0.5) is 0 Å². The monoisotopic (exact) mass is 265 g/mol. The van der Waals surface area contributed by atoms with Crippen molar-refractivity contribution in [2.45, 2.75) is 20.4 Å². The maximum absolute atomic E-state index is 11.6. The van der Waals surface area contributed by atoms with Crippen LogP contribution in [0.1, 0.15) is 18.1 Å². The number of aryl methyl sites for hydroxylation is 1. The second-order valence-corrected chi connectivity index (χ2v) is 4.41. The van der Waals surface area contributed by atoms with Crippen molar-refractivity contribution in [3.8, 4) is 11.5 Å². The molecule has 1 unspecified atom stereocenters. The highest BCUT2D eigenvalue weighted by Crippen LogP contribution is 2.34. The van der Waals surface area contributed by atoms with E-state index in [-0.39, 0.29) is 13.3 Å². The van der Waals surface area contributed by atoms with E-state index in [2.05, 4.69) is 5.32 Å². The van der Waals surface area contributed by atoms with E-state index in [1.54, 1.807) is 6.07 Å². The second-order valence-electron chi connectivity index (χ2n) is 4.41. The van der Waals surface area contributed by atoms with Crippen molar-refractivity contribution in [1.29, 1.82) is 0 Å². The van der Waals surface area contributed by atoms with Gasteiger partial charge in [-0.15, -0.1) is 0 Å². The molecule has 0 saturated heterocycles. The Balaban J connectivity index is 2.04. The van der Waals surface area contributed by atoms with Gasteiger partial charge in [-0.3, -0.25) is 9.59 Å². The van der Waals surface area contributed by atoms with Crippen molar-refractivity contribution in [3.05, 3.63) is 23.3 Å². The first kappa shape index (κ1) is 13.2. The highest BCUT2D eigenvalue weighted by molar-refractivity contribution is 5.96. The molecule has 6 nitrogen and oxygen atoms in total. The zero-order chi connectivity index (χ0) is 14.0. The number of hydrogen-bond donors (Lipinski definition) is 2. The van der Waals surface area contributed by atoms with Crippen LogP contribution < -0.4 is 14.8 Å². The molecule has 1 atom stereocenters. The van der Waals surface area contributed by atoms with Crippen LogP contribution in [0.25, 0.3) is 0 Å². The molecule has 1 aliphatic heterocycles. The molecule has 0 bridgehead atoms. The zero-order valence-electron chi connectivity index (χ0n) is 10.7. The average molecular weight is 265 g/mol. The molecular formula is C13H15NO5. The number of carboxylic acids is 1. The zero-order valence-corrected chi connectivity index (χ0v) is 10.7. The number of carboxylic acid groups (broad SMARTS) is 1. The van der Waals surface area contributed by atoms with Gasteiger partial charge in [-0.25, -0.2) is 0 Å². The standard InChI is InChI=1S/C13H15NO5/c1-7-3-10-11(19-6-18-10)4-9(7)5-14-12(15)8(2)13(16)17/h3-4,8H,5-6H2,1-2H3,(H,14,15)(H,16,17). The van der Waals surface area contributed by atoms with Gasteiger partial charge in [0.1, 0.15) is 5.92 Å². The number of hydrogen-bond acceptors (Lipinski definition) is 4. The predicted octanol–water partition coefficient (Wildman–Crippen LogP) is 1.06. The summed E-state index contributed by atoms with van der Waals surface area (Å²) in [4.78, 5) is 22.2. The molecule has 1 aliphatic rings. The van der Waals surface area contributed by atoms with Crippen molar-refractivity contribution in [2.75, 3.05) is 6.79 Å². The average Bonchev–Trinajstić information content (AvgIpc) is 2.81. The van der Waals surface area contributed by atoms with E-state index in [1.165, 1.54) is 6.92 Å². The number of carbonyl (C=O) groups is 2. The van der Waals surface area contributed by atoms with Gasteiger partial charge >= 0.3 is 5.97 Å². The van der Waals surface area contributed by atoms with Crippen LogP contribution in [-0.4, -0.2) is 23.8 Å². The minimum atomic E-state index is -1.14. The van der Waals surface area contributed by atoms with Crippen LogP contribution in [0.15, 0.2) is 12.1 Å². The molecule has 6 heteroatoms. The molecule has 2 rings (SSSR count). The van der Waals surface area contributed by atoms with Crippen molar-refractivity contribution in [3.63, 3.8) is 0 Å². The topological polar surface area (TPSA) is 84.9 Å². The molecule has 0 aromatic heterocycles. The summed E-state index contributed by atoms with van der Waals surface area (Å²) in [5.74, 6) is -1.38. The number of rotatable bonds is 4. The number of aliphatic carboxylic acids is 1. The van der Waals surface area contributed by atoms with Crippen molar-refractivity contribution in [2.24, 2.45) is 5.92 Å². The van der Waals surface area contributed by atoms with Gasteiger partial charge < -0.3 is 19.9 Å². The number of benzene rings is 1. The molecule has 1 aromatic carbocycles. The lowest BCUT2D eigenvalue weighted by molar-refractivity contribution is -0.146. The first-order valence-corrected chi connectivity index (χ1v) is 5.88. The van der Waals surface area contributed by atoms with Crippen LogP contribution in [0, 0.1) is 12.8 Å². The quantitative estimate of drug-likeness (QED) is 0.795. The summed E-state index contributed by atoms with van der Waals surface area (Å²) in [6.45, 7) is 3.70. The SMILES string of the molecule is Cc1cc2c(cc1CNC(=O)C(C)C(=O)O)OCO2. The van der Waals surface area contributed by atoms with Crippen LogP contribution in [0.5, 0.6) is 11.5 Å². The lowest BCUT2D eigenvalue weighted by Crippen LogP contribution is -2.33. The van der Waals surface area contributed by atoms with Gasteiger partial charge in [-0.1, -0.05) is 0 Å². The Morgan fingerprint density at radius 2 is 2.00 bits per heavy atom. The summed E-state index contributed by atoms with van der Waals surface area (Å²) in [6, 6.07) is 3.63. The van der Waals surface area contributed by atoms with E-state index >= 15 is 0 Å². The number of nitrogens with one attached hydrogen (secondary N) is 1. The van der Waals surface area contributed by atoms with Crippen LogP contribution in [-0.2, 0) is 16.1 Å². The minimum Gasteiger partial charge on any atom is -0.481 e. The normalized spacial score (nSPS) is 14.0. The summed E-state index contributed by atoms with van der Waals surface area (Å²) in [7, 11) is 0. The van der Waals surface area contributed by atoms with E-state index in [9.17, 15) is 9.59 Å². The Hall–Kier alpha value is -2.24. The highest BCUT2D eigenvalue weighted by atomic mass is 16.7. The van der Waals surface area contributed by atoms with E-state index in [1.807, 2.05) is 13.0 Å². The Kier molecular flexibility index (Phi) is 3.59. The van der Waals surface area contributed by atoms with Gasteiger partial charge in [0.05, 0.1) is 0 Å². The van der Waals surface area contributed by atoms with E-state index < -0.39 is 17.8 Å². The van der Waals surface area contributed by atoms with Gasteiger partial charge in [-0.05, 0) is 37.1 Å². The summed E-state index contributed by atoms with van der Waals surface area (Å²) in [5, 5.41) is 11.3. The summed E-state index contributed by atoms with van der Waals surface area (Å²) >= 11 is 0. The fourth-order valence-electron chi connectivity index (χ4n) is 1.72. The lowest BCUT2D eigenvalue weighted by atomic mass is 10.1. The maximum Gasteiger partial charge on any atom is 0.315 e. The molecule has 19 heavy (non-hydrogen) atoms. The molecule has 0 saturated carbocycles. The predicted molar refractivity (Wildman–Crippen MR) is 65.9 cm³/mol. The van der Waals surface area contributed by atoms with E-state index in [0.717, 1.165) is 11.1 Å². The minimum absolute atomic E-state index is 0.195. The molecule has 1 heterocycles. The van der Waals surface area contributed by atoms with Crippen molar-refractivity contribution >= 4 is 11.9 Å². The molecular weight excluding hydrogens is 250 g/mol. The van der Waals surface area contributed by atoms with Crippen LogP contribution in [0.2, 0.25) is 0 Å². The highest BCUT2D eigenvalue weighted by Gasteiger charge is 2.21. The van der Waals surface area contributed by atoms with Crippen LogP contribution >= 0.6 is 0 Å². The number of amides is 1. The maximum atomic E-state index is 11.6. The molecule has 1 aromatic rings. The molecule has 102 valence electrons. The smallest absolute Gasteiger partial charge is 0.315 e. The second kappa shape index (κ2) is 5.17. The molecule has 0 aliphatic carbocycles. The first-order chi connectivity index (χ1) is 8.99. The summed E-state index contributed by atoms with van der Waals surface area (Å²) in [6.07, 6.45) is 0. The molecule has 2 N–H and O–H groups in total. The first-order valence-electron chi connectivity index (χ1n) is 5.88. The Morgan fingerprint density at radius 1 is 1.37 bits per heavy atom. The number of ether oxygens (including phenoxy) is 2. The third kappa shape index (κ3) is 2.78. The summed E-state index contributed by atoms with van der Waals surface area (Å²) in [5.41, 5.74) is 1.82. The summed E-state index contributed by atoms with van der Waals surface area (Å²) < 4.78 is 10.5. The van der Waals surface area contributed by atoms with E-state index in [0.29, 0.717) is 11.5 Å². The van der Waals surface area contributed by atoms with Crippen molar-refractivity contribution < 1.29 is 24.2 Å². The molecule has 1 amide bonds. The Labute approximate surface area is 110 Å². The lowest BCUT2D eigenvalue weighted by Gasteiger charge is -2.11. The van der Waals surface area contributed by atoms with E-state index in [4.69, 9.17) is 14.6 Å². The third-order valence-corrected chi connectivity index (χ3v) is 3.05. The fraction of sp³-hybridized carbons (Fsp3) is 0.385. The van der Waals surface area contributed by atoms with Gasteiger partial charge in [0.2, 0.25) is 12.7 Å². The van der Waals surface area contributed by atoms with Crippen LogP contribution in [0.3, 0.4) is 0 Å². The van der Waals surface area contributed by atoms with Crippen molar-refractivity contribution in [1.82, 2.24) is 5.32 Å². The Bertz CT molecular complexity index is 526. The number of fused-ring (bicyclic) bond motifs is 1. The number of carbonyl (C=O) groups excluding carboxylic acids is 1. The molecule has 0 radical (unpaired) electrons. The molecule has 0 fully saturated rings. The van der Waals surface area contributed by atoms with Gasteiger partial charge in [0.25, 0.3) is 0 Å². The Morgan fingerprint density at radius 3 is 2.63 bits per heavy atom. The fourth-order valence-corrected chi connectivity index (χ4v) is 1.72. The van der Waals surface area contributed by atoms with Gasteiger partial charge in [-0.2, -0.15) is 0 Å². The van der Waals surface area contributed by atoms with Gasteiger partial charge in [0, 0.05) is 6.54 Å².